The van der Waals surface area contributed by atoms with Crippen LogP contribution in [0.4, 0.5) is 5.69 Å². The second kappa shape index (κ2) is 6.37. The molecule has 6 heteroatoms. The maximum absolute atomic E-state index is 12.4. The van der Waals surface area contributed by atoms with Gasteiger partial charge in [0.15, 0.2) is 0 Å². The van der Waals surface area contributed by atoms with Gasteiger partial charge in [-0.05, 0) is 42.5 Å². The van der Waals surface area contributed by atoms with Crippen LogP contribution in [0.3, 0.4) is 0 Å². The van der Waals surface area contributed by atoms with Crippen molar-refractivity contribution < 1.29 is 4.79 Å². The van der Waals surface area contributed by atoms with Crippen LogP contribution < -0.4 is 5.32 Å². The number of rotatable bonds is 3. The SMILES string of the molecule is O=C(Nc1ccc2nc(-c3cccnc3)[nH]c2c1)c1ccccc1Cl. The molecule has 0 fully saturated rings. The van der Waals surface area contributed by atoms with Gasteiger partial charge in [-0.2, -0.15) is 0 Å². The first kappa shape index (κ1) is 15.4. The van der Waals surface area contributed by atoms with Gasteiger partial charge >= 0.3 is 0 Å². The number of hydrogen-bond acceptors (Lipinski definition) is 3. The molecule has 1 amide bonds. The van der Waals surface area contributed by atoms with Gasteiger partial charge in [0.2, 0.25) is 0 Å². The number of fused-ring (bicyclic) bond motifs is 1. The zero-order valence-electron chi connectivity index (χ0n) is 13.0. The summed E-state index contributed by atoms with van der Waals surface area (Å²) >= 11 is 6.07. The average Bonchev–Trinajstić information content (AvgIpc) is 3.06. The Morgan fingerprint density at radius 2 is 1.96 bits per heavy atom. The van der Waals surface area contributed by atoms with E-state index in [9.17, 15) is 4.79 Å². The zero-order valence-corrected chi connectivity index (χ0v) is 13.8. The number of aromatic amines is 1. The average molecular weight is 349 g/mol. The maximum Gasteiger partial charge on any atom is 0.257 e. The molecule has 2 aromatic heterocycles. The number of carbonyl (C=O) groups excluding carboxylic acids is 1. The van der Waals surface area contributed by atoms with E-state index in [0.717, 1.165) is 22.4 Å². The second-order valence-corrected chi connectivity index (χ2v) is 5.90. The van der Waals surface area contributed by atoms with Gasteiger partial charge in [-0.25, -0.2) is 4.98 Å². The first-order chi connectivity index (χ1) is 12.2. The molecule has 0 aliphatic heterocycles. The number of halogens is 1. The lowest BCUT2D eigenvalue weighted by Gasteiger charge is -2.06. The predicted octanol–water partition coefficient (Wildman–Crippen LogP) is 4.53. The molecular weight excluding hydrogens is 336 g/mol. The van der Waals surface area contributed by atoms with Gasteiger partial charge in [-0.15, -0.1) is 0 Å². The molecule has 0 saturated heterocycles. The van der Waals surface area contributed by atoms with Gasteiger partial charge in [-0.1, -0.05) is 23.7 Å². The number of imidazole rings is 1. The highest BCUT2D eigenvalue weighted by Crippen LogP contribution is 2.23. The van der Waals surface area contributed by atoms with E-state index in [2.05, 4.69) is 20.3 Å². The number of anilines is 1. The molecule has 4 aromatic rings. The van der Waals surface area contributed by atoms with Crippen LogP contribution in [0, 0.1) is 0 Å². The van der Waals surface area contributed by atoms with Crippen molar-refractivity contribution >= 4 is 34.2 Å². The lowest BCUT2D eigenvalue weighted by molar-refractivity contribution is 0.102. The lowest BCUT2D eigenvalue weighted by Crippen LogP contribution is -2.12. The van der Waals surface area contributed by atoms with Crippen molar-refractivity contribution in [1.82, 2.24) is 15.0 Å². The van der Waals surface area contributed by atoms with Crippen molar-refractivity contribution in [2.24, 2.45) is 0 Å². The van der Waals surface area contributed by atoms with E-state index in [4.69, 9.17) is 11.6 Å². The number of carbonyl (C=O) groups is 1. The van der Waals surface area contributed by atoms with Gasteiger partial charge in [0.1, 0.15) is 5.82 Å². The first-order valence-corrected chi connectivity index (χ1v) is 8.04. The molecule has 2 heterocycles. The van der Waals surface area contributed by atoms with Gasteiger partial charge in [0.05, 0.1) is 21.6 Å². The fourth-order valence-electron chi connectivity index (χ4n) is 2.57. The molecule has 0 aliphatic carbocycles. The third-order valence-corrected chi connectivity index (χ3v) is 4.12. The van der Waals surface area contributed by atoms with Crippen LogP contribution in [-0.4, -0.2) is 20.9 Å². The van der Waals surface area contributed by atoms with E-state index in [-0.39, 0.29) is 5.91 Å². The summed E-state index contributed by atoms with van der Waals surface area (Å²) in [4.78, 5) is 24.3. The summed E-state index contributed by atoms with van der Waals surface area (Å²) < 4.78 is 0. The molecular formula is C19H13ClN4O. The van der Waals surface area contributed by atoms with E-state index in [0.29, 0.717) is 16.3 Å². The topological polar surface area (TPSA) is 70.7 Å². The van der Waals surface area contributed by atoms with Crippen molar-refractivity contribution in [2.45, 2.75) is 0 Å². The molecule has 25 heavy (non-hydrogen) atoms. The molecule has 2 N–H and O–H groups in total. The van der Waals surface area contributed by atoms with Gasteiger partial charge in [-0.3, -0.25) is 9.78 Å². The number of nitrogens with zero attached hydrogens (tertiary/aromatic N) is 2. The molecule has 2 aromatic carbocycles. The Morgan fingerprint density at radius 3 is 2.76 bits per heavy atom. The summed E-state index contributed by atoms with van der Waals surface area (Å²) in [7, 11) is 0. The zero-order chi connectivity index (χ0) is 17.2. The molecule has 0 radical (unpaired) electrons. The number of pyridine rings is 1. The van der Waals surface area contributed by atoms with E-state index < -0.39 is 0 Å². The summed E-state index contributed by atoms with van der Waals surface area (Å²) in [6.07, 6.45) is 3.46. The summed E-state index contributed by atoms with van der Waals surface area (Å²) in [5.74, 6) is 0.481. The monoisotopic (exact) mass is 348 g/mol. The highest BCUT2D eigenvalue weighted by Gasteiger charge is 2.11. The van der Waals surface area contributed by atoms with E-state index >= 15 is 0 Å². The molecule has 0 unspecified atom stereocenters. The van der Waals surface area contributed by atoms with Crippen molar-refractivity contribution in [3.63, 3.8) is 0 Å². The second-order valence-electron chi connectivity index (χ2n) is 5.49. The number of H-pyrrole nitrogens is 1. The molecule has 0 spiro atoms. The molecule has 122 valence electrons. The number of aromatic nitrogens is 3. The third kappa shape index (κ3) is 3.09. The fraction of sp³-hybridized carbons (Fsp3) is 0. The Hall–Kier alpha value is -3.18. The molecule has 4 rings (SSSR count). The van der Waals surface area contributed by atoms with Gasteiger partial charge in [0.25, 0.3) is 5.91 Å². The first-order valence-electron chi connectivity index (χ1n) is 7.67. The number of amides is 1. The highest BCUT2D eigenvalue weighted by molar-refractivity contribution is 6.34. The van der Waals surface area contributed by atoms with Crippen molar-refractivity contribution in [3.8, 4) is 11.4 Å². The Balaban J connectivity index is 1.63. The number of hydrogen-bond donors (Lipinski definition) is 2. The van der Waals surface area contributed by atoms with Gasteiger partial charge < -0.3 is 10.3 Å². The van der Waals surface area contributed by atoms with Crippen LogP contribution in [0.2, 0.25) is 5.02 Å². The quantitative estimate of drug-likeness (QED) is 0.571. The molecule has 0 saturated carbocycles. The lowest BCUT2D eigenvalue weighted by atomic mass is 10.2. The summed E-state index contributed by atoms with van der Waals surface area (Å²) in [5.41, 5.74) is 3.65. The van der Waals surface area contributed by atoms with Crippen molar-refractivity contribution in [2.75, 3.05) is 5.32 Å². The normalized spacial score (nSPS) is 10.8. The van der Waals surface area contributed by atoms with Crippen LogP contribution in [0.1, 0.15) is 10.4 Å². The molecule has 0 aliphatic rings. The van der Waals surface area contributed by atoms with Crippen LogP contribution >= 0.6 is 11.6 Å². The Kier molecular flexibility index (Phi) is 3.91. The Morgan fingerprint density at radius 1 is 1.08 bits per heavy atom. The van der Waals surface area contributed by atoms with Crippen molar-refractivity contribution in [3.05, 3.63) is 77.6 Å². The minimum absolute atomic E-state index is 0.253. The standard InChI is InChI=1S/C19H13ClN4O/c20-15-6-2-1-5-14(15)19(25)22-13-7-8-16-17(10-13)24-18(23-16)12-4-3-9-21-11-12/h1-11H,(H,22,25)(H,23,24). The van der Waals surface area contributed by atoms with Crippen molar-refractivity contribution in [1.29, 1.82) is 0 Å². The Bertz CT molecular complexity index is 1060. The molecule has 0 bridgehead atoms. The minimum atomic E-state index is -0.253. The summed E-state index contributed by atoms with van der Waals surface area (Å²) in [6.45, 7) is 0. The predicted molar refractivity (Wildman–Crippen MR) is 98.7 cm³/mol. The summed E-state index contributed by atoms with van der Waals surface area (Å²) in [6, 6.07) is 16.2. The number of nitrogens with one attached hydrogen (secondary N) is 2. The Labute approximate surface area is 148 Å². The largest absolute Gasteiger partial charge is 0.338 e. The smallest absolute Gasteiger partial charge is 0.257 e. The van der Waals surface area contributed by atoms with Gasteiger partial charge in [0, 0.05) is 23.6 Å². The number of benzene rings is 2. The molecule has 5 nitrogen and oxygen atoms in total. The van der Waals surface area contributed by atoms with Crippen LogP contribution in [0.5, 0.6) is 0 Å². The summed E-state index contributed by atoms with van der Waals surface area (Å²) in [5, 5.41) is 3.27. The van der Waals surface area contributed by atoms with Crippen LogP contribution in [0.15, 0.2) is 67.0 Å². The third-order valence-electron chi connectivity index (χ3n) is 3.79. The minimum Gasteiger partial charge on any atom is -0.338 e. The van der Waals surface area contributed by atoms with Crippen LogP contribution in [-0.2, 0) is 0 Å². The highest BCUT2D eigenvalue weighted by atomic mass is 35.5. The maximum atomic E-state index is 12.4. The van der Waals surface area contributed by atoms with E-state index in [1.165, 1.54) is 0 Å². The van der Waals surface area contributed by atoms with Crippen LogP contribution in [0.25, 0.3) is 22.4 Å². The molecule has 0 atom stereocenters. The van der Waals surface area contributed by atoms with E-state index in [1.54, 1.807) is 36.7 Å². The fourth-order valence-corrected chi connectivity index (χ4v) is 2.79. The van der Waals surface area contributed by atoms with E-state index in [1.807, 2.05) is 30.3 Å².